The fraction of sp³-hybridized carbons (Fsp3) is 0.917. The highest BCUT2D eigenvalue weighted by atomic mass is 32.2. The van der Waals surface area contributed by atoms with Crippen LogP contribution in [-0.4, -0.2) is 15.3 Å². The summed E-state index contributed by atoms with van der Waals surface area (Å²) in [7, 11) is 0. The first-order valence-electron chi connectivity index (χ1n) is 5.67. The number of rotatable bonds is 0. The highest BCUT2D eigenvalue weighted by Gasteiger charge is 2.72. The van der Waals surface area contributed by atoms with Crippen molar-refractivity contribution in [2.45, 2.75) is 57.2 Å². The zero-order valence-corrected chi connectivity index (χ0v) is 10.4. The normalized spacial score (nSPS) is 53.4. The van der Waals surface area contributed by atoms with E-state index in [0.29, 0.717) is 10.2 Å². The summed E-state index contributed by atoms with van der Waals surface area (Å²) in [5.74, 6) is 0.914. The van der Waals surface area contributed by atoms with Crippen LogP contribution in [0.25, 0.3) is 0 Å². The van der Waals surface area contributed by atoms with Crippen LogP contribution in [0.4, 0.5) is 0 Å². The fourth-order valence-corrected chi connectivity index (χ4v) is 6.16. The molecule has 3 rings (SSSR count). The Morgan fingerprint density at radius 1 is 1.36 bits per heavy atom. The predicted octanol–water partition coefficient (Wildman–Crippen LogP) is 3.49. The van der Waals surface area contributed by atoms with Gasteiger partial charge in [0.15, 0.2) is 0 Å². The third kappa shape index (κ3) is 0.720. The Labute approximate surface area is 90.8 Å². The van der Waals surface area contributed by atoms with Crippen LogP contribution in [0.2, 0.25) is 0 Å². The van der Waals surface area contributed by atoms with Gasteiger partial charge in [0.1, 0.15) is 0 Å². The van der Waals surface area contributed by atoms with Crippen LogP contribution in [-0.2, 0) is 0 Å². The third-order valence-electron chi connectivity index (χ3n) is 5.15. The smallest absolute Gasteiger partial charge is 0.0747 e. The molecule has 2 fully saturated rings. The molecule has 78 valence electrons. The van der Waals surface area contributed by atoms with Crippen LogP contribution in [0.3, 0.4) is 0 Å². The number of aliphatic imine (C=N–C) groups is 1. The third-order valence-corrected chi connectivity index (χ3v) is 7.05. The lowest BCUT2D eigenvalue weighted by atomic mass is 9.76. The summed E-state index contributed by atoms with van der Waals surface area (Å²) in [5, 5.41) is 1.32. The maximum Gasteiger partial charge on any atom is 0.0747 e. The summed E-state index contributed by atoms with van der Waals surface area (Å²) in [6, 6.07) is 0. The predicted molar refractivity (Wildman–Crippen MR) is 63.0 cm³/mol. The van der Waals surface area contributed by atoms with E-state index in [0.717, 1.165) is 5.92 Å². The van der Waals surface area contributed by atoms with E-state index in [2.05, 4.69) is 39.5 Å². The number of nitrogens with zero attached hydrogens (tertiary/aromatic N) is 1. The van der Waals surface area contributed by atoms with E-state index in [9.17, 15) is 0 Å². The molecule has 1 nitrogen and oxygen atoms in total. The van der Waals surface area contributed by atoms with E-state index >= 15 is 0 Å². The van der Waals surface area contributed by atoms with Gasteiger partial charge >= 0.3 is 0 Å². The minimum absolute atomic E-state index is 0.258. The first kappa shape index (κ1) is 9.26. The van der Waals surface area contributed by atoms with Gasteiger partial charge < -0.3 is 0 Å². The van der Waals surface area contributed by atoms with Crippen molar-refractivity contribution in [3.05, 3.63) is 0 Å². The van der Waals surface area contributed by atoms with Crippen LogP contribution in [0, 0.1) is 11.3 Å². The molecule has 3 atom stereocenters. The molecule has 2 aliphatic carbocycles. The van der Waals surface area contributed by atoms with Crippen molar-refractivity contribution in [3.63, 3.8) is 0 Å². The van der Waals surface area contributed by atoms with Gasteiger partial charge in [0.25, 0.3) is 0 Å². The van der Waals surface area contributed by atoms with Crippen LogP contribution in [0.1, 0.15) is 47.0 Å². The number of thioether (sulfide) groups is 1. The lowest BCUT2D eigenvalue weighted by Crippen LogP contribution is -2.47. The zero-order chi connectivity index (χ0) is 10.2. The lowest BCUT2D eigenvalue weighted by molar-refractivity contribution is 0.265. The van der Waals surface area contributed by atoms with E-state index in [4.69, 9.17) is 4.99 Å². The summed E-state index contributed by atoms with van der Waals surface area (Å²) in [4.78, 5) is 4.93. The largest absolute Gasteiger partial charge is 0.275 e. The molecule has 2 saturated carbocycles. The van der Waals surface area contributed by atoms with Gasteiger partial charge in [-0.3, -0.25) is 4.99 Å². The molecule has 0 radical (unpaired) electrons. The van der Waals surface area contributed by atoms with E-state index in [1.54, 1.807) is 0 Å². The monoisotopic (exact) mass is 209 g/mol. The molecule has 2 bridgehead atoms. The molecule has 0 aromatic carbocycles. The highest BCUT2D eigenvalue weighted by molar-refractivity contribution is 8.15. The zero-order valence-electron chi connectivity index (χ0n) is 9.55. The Morgan fingerprint density at radius 3 is 2.64 bits per heavy atom. The van der Waals surface area contributed by atoms with Crippen LogP contribution in [0.5, 0.6) is 0 Å². The topological polar surface area (TPSA) is 12.4 Å². The molecule has 3 aliphatic rings. The van der Waals surface area contributed by atoms with Crippen molar-refractivity contribution < 1.29 is 0 Å². The SMILES string of the molecule is CC1=N[C@@]2(C)C[C@@H]3CC[C@@]2(S1)C3(C)C. The number of hydrogen-bond donors (Lipinski definition) is 0. The van der Waals surface area contributed by atoms with Gasteiger partial charge in [0.2, 0.25) is 0 Å². The molecule has 1 heterocycles. The van der Waals surface area contributed by atoms with Gasteiger partial charge in [0.05, 0.1) is 15.3 Å². The summed E-state index contributed by atoms with van der Waals surface area (Å²) >= 11 is 2.08. The van der Waals surface area contributed by atoms with E-state index in [-0.39, 0.29) is 5.54 Å². The van der Waals surface area contributed by atoms with E-state index in [1.165, 1.54) is 24.3 Å². The second-order valence-electron chi connectivity index (χ2n) is 6.00. The van der Waals surface area contributed by atoms with Gasteiger partial charge in [0, 0.05) is 0 Å². The average Bonchev–Trinajstić information content (AvgIpc) is 2.50. The molecular formula is C12H19NS. The first-order valence-corrected chi connectivity index (χ1v) is 6.48. The highest BCUT2D eigenvalue weighted by Crippen LogP contribution is 2.73. The van der Waals surface area contributed by atoms with Crippen molar-refractivity contribution >= 4 is 16.8 Å². The van der Waals surface area contributed by atoms with Crippen LogP contribution < -0.4 is 0 Å². The Hall–Kier alpha value is 0.0200. The van der Waals surface area contributed by atoms with Crippen molar-refractivity contribution in [2.75, 3.05) is 0 Å². The van der Waals surface area contributed by atoms with Gasteiger partial charge in [-0.1, -0.05) is 13.8 Å². The van der Waals surface area contributed by atoms with Crippen molar-refractivity contribution in [2.24, 2.45) is 16.3 Å². The second-order valence-corrected chi connectivity index (χ2v) is 7.49. The van der Waals surface area contributed by atoms with Crippen molar-refractivity contribution in [1.82, 2.24) is 0 Å². The van der Waals surface area contributed by atoms with Crippen molar-refractivity contribution in [3.8, 4) is 0 Å². The molecule has 1 spiro atoms. The second kappa shape index (κ2) is 2.23. The molecular weight excluding hydrogens is 190 g/mol. The molecule has 0 N–H and O–H groups in total. The molecule has 2 heteroatoms. The summed E-state index contributed by atoms with van der Waals surface area (Å²) < 4.78 is 0.439. The maximum atomic E-state index is 4.93. The fourth-order valence-electron chi connectivity index (χ4n) is 4.41. The number of hydrogen-bond acceptors (Lipinski definition) is 2. The van der Waals surface area contributed by atoms with Gasteiger partial charge in [-0.25, -0.2) is 0 Å². The minimum atomic E-state index is 0.258. The van der Waals surface area contributed by atoms with Crippen molar-refractivity contribution in [1.29, 1.82) is 0 Å². The number of fused-ring (bicyclic) bond motifs is 1. The standard InChI is InChI=1S/C12H19NS/c1-8-13-11(4)7-9-5-6-12(11,14-8)10(9,2)3/h9H,5-7H2,1-4H3/t9-,11-,12+/m0/s1. The minimum Gasteiger partial charge on any atom is -0.275 e. The van der Waals surface area contributed by atoms with Crippen LogP contribution in [0.15, 0.2) is 4.99 Å². The lowest BCUT2D eigenvalue weighted by Gasteiger charge is -2.41. The molecule has 1 aliphatic heterocycles. The Morgan fingerprint density at radius 2 is 2.07 bits per heavy atom. The Balaban J connectivity index is 2.16. The summed E-state index contributed by atoms with van der Waals surface area (Å²) in [6.45, 7) is 9.51. The van der Waals surface area contributed by atoms with E-state index in [1.807, 2.05) is 0 Å². The molecule has 0 amide bonds. The van der Waals surface area contributed by atoms with Gasteiger partial charge in [-0.2, -0.15) is 0 Å². The Bertz CT molecular complexity index is 333. The molecule has 0 aromatic heterocycles. The maximum absolute atomic E-state index is 4.93. The summed E-state index contributed by atoms with van der Waals surface area (Å²) in [5.41, 5.74) is 0.752. The summed E-state index contributed by atoms with van der Waals surface area (Å²) in [6.07, 6.45) is 4.13. The quantitative estimate of drug-likeness (QED) is 0.595. The molecule has 0 aromatic rings. The van der Waals surface area contributed by atoms with E-state index < -0.39 is 0 Å². The molecule has 0 saturated heterocycles. The Kier molecular flexibility index (Phi) is 1.48. The van der Waals surface area contributed by atoms with Gasteiger partial charge in [-0.15, -0.1) is 11.8 Å². The molecule has 14 heavy (non-hydrogen) atoms. The van der Waals surface area contributed by atoms with Gasteiger partial charge in [-0.05, 0) is 44.4 Å². The molecule has 0 unspecified atom stereocenters. The average molecular weight is 209 g/mol. The van der Waals surface area contributed by atoms with Crippen LogP contribution >= 0.6 is 11.8 Å². The first-order chi connectivity index (χ1) is 6.41.